The van der Waals surface area contributed by atoms with Gasteiger partial charge in [-0.15, -0.1) is 0 Å². The minimum absolute atomic E-state index is 0.285. The number of oxime groups is 1. The van der Waals surface area contributed by atoms with Crippen molar-refractivity contribution in [1.29, 1.82) is 0 Å². The summed E-state index contributed by atoms with van der Waals surface area (Å²) in [5, 5.41) is 11.6. The van der Waals surface area contributed by atoms with E-state index in [0.717, 1.165) is 23.3 Å². The fourth-order valence-corrected chi connectivity index (χ4v) is 2.01. The van der Waals surface area contributed by atoms with Crippen LogP contribution < -0.4 is 5.69 Å². The van der Waals surface area contributed by atoms with Gasteiger partial charge in [0, 0.05) is 12.6 Å². The second kappa shape index (κ2) is 6.34. The van der Waals surface area contributed by atoms with Crippen molar-refractivity contribution in [3.8, 4) is 5.69 Å². The van der Waals surface area contributed by atoms with E-state index in [0.29, 0.717) is 5.69 Å². The van der Waals surface area contributed by atoms with Crippen LogP contribution in [0.5, 0.6) is 0 Å². The summed E-state index contributed by atoms with van der Waals surface area (Å²) in [6.07, 6.45) is 0.830. The van der Waals surface area contributed by atoms with Crippen LogP contribution in [0.3, 0.4) is 0 Å². The van der Waals surface area contributed by atoms with Gasteiger partial charge in [0.25, 0.3) is 0 Å². The zero-order chi connectivity index (χ0) is 15.4. The third-order valence-corrected chi connectivity index (χ3v) is 3.04. The molecular formula is C14H19N5O2. The summed E-state index contributed by atoms with van der Waals surface area (Å²) in [5.74, 6) is 0. The highest BCUT2D eigenvalue weighted by atomic mass is 16.6. The minimum Gasteiger partial charge on any atom is -0.391 e. The van der Waals surface area contributed by atoms with Gasteiger partial charge in [-0.05, 0) is 42.3 Å². The molecule has 7 nitrogen and oxygen atoms in total. The number of benzene rings is 1. The van der Waals surface area contributed by atoms with Crippen LogP contribution in [0.2, 0.25) is 0 Å². The molecule has 0 unspecified atom stereocenters. The second-order valence-corrected chi connectivity index (χ2v) is 4.88. The summed E-state index contributed by atoms with van der Waals surface area (Å²) in [6, 6.07) is 5.73. The Morgan fingerprint density at radius 1 is 1.33 bits per heavy atom. The number of rotatable bonds is 5. The maximum absolute atomic E-state index is 12.0. The molecule has 0 aliphatic carbocycles. The van der Waals surface area contributed by atoms with Gasteiger partial charge in [0.2, 0.25) is 0 Å². The Morgan fingerprint density at radius 3 is 2.67 bits per heavy atom. The first kappa shape index (κ1) is 15.0. The maximum atomic E-state index is 12.0. The monoisotopic (exact) mass is 289 g/mol. The minimum atomic E-state index is -0.292. The first-order chi connectivity index (χ1) is 10.0. The zero-order valence-corrected chi connectivity index (χ0v) is 12.7. The molecule has 0 amide bonds. The molecule has 0 bridgehead atoms. The van der Waals surface area contributed by atoms with Gasteiger partial charge in [-0.3, -0.25) is 0 Å². The number of hydrogen-bond acceptors (Lipinski definition) is 5. The smallest absolute Gasteiger partial charge is 0.368 e. The summed E-state index contributed by atoms with van der Waals surface area (Å²) in [6.45, 7) is 6.06. The van der Waals surface area contributed by atoms with Crippen molar-refractivity contribution in [1.82, 2.24) is 19.8 Å². The van der Waals surface area contributed by atoms with Gasteiger partial charge in [-0.1, -0.05) is 24.2 Å². The molecule has 1 heterocycles. The van der Waals surface area contributed by atoms with Crippen LogP contribution in [0.25, 0.3) is 5.69 Å². The Bertz CT molecular complexity index is 710. The molecule has 0 spiro atoms. The van der Waals surface area contributed by atoms with E-state index >= 15 is 0 Å². The maximum Gasteiger partial charge on any atom is 0.368 e. The third-order valence-electron chi connectivity index (χ3n) is 3.04. The molecule has 2 aromatic rings. The molecule has 7 heteroatoms. The Kier molecular flexibility index (Phi) is 4.52. The van der Waals surface area contributed by atoms with Crippen molar-refractivity contribution in [3.63, 3.8) is 0 Å². The summed E-state index contributed by atoms with van der Waals surface area (Å²) >= 11 is 0. The van der Waals surface area contributed by atoms with Crippen molar-refractivity contribution in [2.75, 3.05) is 0 Å². The van der Waals surface area contributed by atoms with Gasteiger partial charge in [-0.2, -0.15) is 9.36 Å². The van der Waals surface area contributed by atoms with E-state index in [1.54, 1.807) is 7.05 Å². The molecule has 21 heavy (non-hydrogen) atoms. The van der Waals surface area contributed by atoms with Crippen LogP contribution >= 0.6 is 0 Å². The van der Waals surface area contributed by atoms with E-state index in [9.17, 15) is 4.79 Å². The zero-order valence-electron chi connectivity index (χ0n) is 12.7. The van der Waals surface area contributed by atoms with Crippen LogP contribution in [-0.2, 0) is 24.9 Å². The van der Waals surface area contributed by atoms with Gasteiger partial charge in [-0.25, -0.2) is 4.79 Å². The van der Waals surface area contributed by atoms with Gasteiger partial charge >= 0.3 is 5.69 Å². The molecule has 1 aromatic carbocycles. The molecule has 2 rings (SSSR count). The second-order valence-electron chi connectivity index (χ2n) is 4.88. The van der Waals surface area contributed by atoms with Crippen molar-refractivity contribution in [3.05, 3.63) is 39.8 Å². The van der Waals surface area contributed by atoms with Crippen LogP contribution in [0.4, 0.5) is 0 Å². The Labute approximate surface area is 122 Å². The van der Waals surface area contributed by atoms with Crippen LogP contribution in [0, 0.1) is 0 Å². The molecule has 0 atom stereocenters. The number of hydrogen-bond donors (Lipinski definition) is 0. The van der Waals surface area contributed by atoms with Crippen LogP contribution in [0.15, 0.2) is 28.1 Å². The van der Waals surface area contributed by atoms with E-state index in [1.165, 1.54) is 9.36 Å². The van der Waals surface area contributed by atoms with E-state index in [4.69, 9.17) is 4.84 Å². The highest BCUT2D eigenvalue weighted by Gasteiger charge is 2.14. The molecule has 0 saturated heterocycles. The number of aromatic nitrogens is 4. The molecule has 0 radical (unpaired) electrons. The highest BCUT2D eigenvalue weighted by molar-refractivity contribution is 5.78. The third kappa shape index (κ3) is 3.18. The fraction of sp³-hybridized carbons (Fsp3) is 0.429. The predicted octanol–water partition coefficient (Wildman–Crippen LogP) is 1.44. The van der Waals surface area contributed by atoms with Crippen molar-refractivity contribution < 1.29 is 4.84 Å². The number of aryl methyl sites for hydroxylation is 2. The molecule has 112 valence electrons. The van der Waals surface area contributed by atoms with E-state index in [2.05, 4.69) is 22.5 Å². The van der Waals surface area contributed by atoms with E-state index in [1.807, 2.05) is 32.0 Å². The first-order valence-electron chi connectivity index (χ1n) is 6.78. The SMILES string of the molecule is CCc1cccc(-n2nnn(C)c2=O)c1CON=C(C)C. The lowest BCUT2D eigenvalue weighted by Crippen LogP contribution is -2.23. The summed E-state index contributed by atoms with van der Waals surface area (Å²) < 4.78 is 2.47. The van der Waals surface area contributed by atoms with Crippen LogP contribution in [0.1, 0.15) is 31.9 Å². The summed E-state index contributed by atoms with van der Waals surface area (Å²) in [7, 11) is 1.57. The number of nitrogens with zero attached hydrogens (tertiary/aromatic N) is 5. The molecule has 0 N–H and O–H groups in total. The topological polar surface area (TPSA) is 74.3 Å². The first-order valence-corrected chi connectivity index (χ1v) is 6.78. The Morgan fingerprint density at radius 2 is 2.10 bits per heavy atom. The predicted molar refractivity (Wildman–Crippen MR) is 79.6 cm³/mol. The van der Waals surface area contributed by atoms with Crippen LogP contribution in [-0.4, -0.2) is 25.5 Å². The van der Waals surface area contributed by atoms with Crippen molar-refractivity contribution in [2.45, 2.75) is 33.8 Å². The summed E-state index contributed by atoms with van der Waals surface area (Å²) in [4.78, 5) is 17.4. The van der Waals surface area contributed by atoms with Gasteiger partial charge in [0.15, 0.2) is 0 Å². The fourth-order valence-electron chi connectivity index (χ4n) is 2.01. The number of tetrazole rings is 1. The normalized spacial score (nSPS) is 10.5. The molecule has 0 fully saturated rings. The lowest BCUT2D eigenvalue weighted by molar-refractivity contribution is 0.129. The quantitative estimate of drug-likeness (QED) is 0.616. The molecule has 0 saturated carbocycles. The average Bonchev–Trinajstić information content (AvgIpc) is 2.79. The van der Waals surface area contributed by atoms with Gasteiger partial charge < -0.3 is 4.84 Å². The molecule has 0 aliphatic rings. The standard InChI is InChI=1S/C14H19N5O2/c1-5-11-7-6-8-13(12(11)9-21-15-10(2)3)19-14(20)18(4)16-17-19/h6-8H,5,9H2,1-4H3. The van der Waals surface area contributed by atoms with E-state index in [-0.39, 0.29) is 12.3 Å². The average molecular weight is 289 g/mol. The Balaban J connectivity index is 2.48. The van der Waals surface area contributed by atoms with Crippen molar-refractivity contribution >= 4 is 5.71 Å². The molecular weight excluding hydrogens is 270 g/mol. The Hall–Kier alpha value is -2.44. The highest BCUT2D eigenvalue weighted by Crippen LogP contribution is 2.19. The summed E-state index contributed by atoms with van der Waals surface area (Å²) in [5.41, 5.74) is 3.21. The van der Waals surface area contributed by atoms with E-state index < -0.39 is 0 Å². The van der Waals surface area contributed by atoms with Gasteiger partial charge in [0.1, 0.15) is 6.61 Å². The lowest BCUT2D eigenvalue weighted by Gasteiger charge is -2.12. The largest absolute Gasteiger partial charge is 0.391 e. The van der Waals surface area contributed by atoms with Crippen molar-refractivity contribution in [2.24, 2.45) is 12.2 Å². The van der Waals surface area contributed by atoms with Gasteiger partial charge in [0.05, 0.1) is 11.4 Å². The lowest BCUT2D eigenvalue weighted by atomic mass is 10.0. The molecule has 0 aliphatic heterocycles. The molecule has 1 aromatic heterocycles.